The number of anilines is 2. The lowest BCUT2D eigenvalue weighted by Crippen LogP contribution is -2.18. The highest BCUT2D eigenvalue weighted by Crippen LogP contribution is 2.20. The zero-order chi connectivity index (χ0) is 23.1. The minimum absolute atomic E-state index is 0.0268. The number of halogens is 1. The molecule has 10 nitrogen and oxygen atoms in total. The molecule has 2 N–H and O–H groups in total. The van der Waals surface area contributed by atoms with Crippen LogP contribution in [0.3, 0.4) is 0 Å². The van der Waals surface area contributed by atoms with Gasteiger partial charge in [-0.05, 0) is 43.3 Å². The second-order valence-corrected chi connectivity index (χ2v) is 7.89. The number of thioether (sulfide) groups is 1. The van der Waals surface area contributed by atoms with Crippen LogP contribution in [-0.4, -0.2) is 37.3 Å². The van der Waals surface area contributed by atoms with E-state index in [9.17, 15) is 19.7 Å². The molecule has 0 fully saturated rings. The van der Waals surface area contributed by atoms with E-state index in [1.807, 2.05) is 6.92 Å². The van der Waals surface area contributed by atoms with Crippen LogP contribution in [0.4, 0.5) is 17.1 Å². The molecule has 0 radical (unpaired) electrons. The fraction of sp³-hybridized carbons (Fsp3) is 0.200. The quantitative estimate of drug-likeness (QED) is 0.274. The first kappa shape index (κ1) is 23.2. The number of non-ortho nitro benzene ring substituents is 1. The maximum absolute atomic E-state index is 12.3. The van der Waals surface area contributed by atoms with Crippen molar-refractivity contribution in [3.05, 3.63) is 69.5 Å². The molecule has 3 aromatic rings. The van der Waals surface area contributed by atoms with E-state index >= 15 is 0 Å². The van der Waals surface area contributed by atoms with E-state index in [2.05, 4.69) is 20.8 Å². The summed E-state index contributed by atoms with van der Waals surface area (Å²) < 4.78 is 1.77. The summed E-state index contributed by atoms with van der Waals surface area (Å²) in [6.45, 7) is 2.42. The molecule has 2 aromatic carbocycles. The summed E-state index contributed by atoms with van der Waals surface area (Å²) in [6.07, 6.45) is 0.0268. The van der Waals surface area contributed by atoms with Gasteiger partial charge in [-0.25, -0.2) is 0 Å². The van der Waals surface area contributed by atoms with Crippen molar-refractivity contribution in [1.29, 1.82) is 0 Å². The molecule has 0 spiro atoms. The molecule has 0 saturated heterocycles. The molecule has 3 rings (SSSR count). The molecule has 0 bridgehead atoms. The number of nitrogens with one attached hydrogen (secondary N) is 2. The van der Waals surface area contributed by atoms with Gasteiger partial charge in [-0.2, -0.15) is 0 Å². The summed E-state index contributed by atoms with van der Waals surface area (Å²) in [6, 6.07) is 12.3. The van der Waals surface area contributed by atoms with Crippen molar-refractivity contribution in [2.24, 2.45) is 0 Å². The number of hydrogen-bond donors (Lipinski definition) is 2. The summed E-state index contributed by atoms with van der Waals surface area (Å²) in [4.78, 5) is 34.7. The Morgan fingerprint density at radius 1 is 1.03 bits per heavy atom. The second kappa shape index (κ2) is 10.7. The van der Waals surface area contributed by atoms with Crippen molar-refractivity contribution in [2.45, 2.75) is 25.0 Å². The molecule has 0 aliphatic heterocycles. The van der Waals surface area contributed by atoms with Crippen LogP contribution in [0.1, 0.15) is 12.7 Å². The SMILES string of the molecule is CCn1c(CC(=O)Nc2ccc(Cl)cc2)nnc1SCC(=O)Nc1ccc([N+](=O)[O-])cc1. The van der Waals surface area contributed by atoms with Crippen molar-refractivity contribution < 1.29 is 14.5 Å². The number of carbonyl (C=O) groups excluding carboxylic acids is 2. The molecule has 2 amide bonds. The second-order valence-electron chi connectivity index (χ2n) is 6.52. The third-order valence-corrected chi connectivity index (χ3v) is 5.47. The highest BCUT2D eigenvalue weighted by Gasteiger charge is 2.16. The maximum Gasteiger partial charge on any atom is 0.269 e. The first-order valence-corrected chi connectivity index (χ1v) is 10.9. The maximum atomic E-state index is 12.3. The zero-order valence-corrected chi connectivity index (χ0v) is 18.5. The van der Waals surface area contributed by atoms with Gasteiger partial charge in [0.1, 0.15) is 5.82 Å². The number of rotatable bonds is 9. The first-order chi connectivity index (χ1) is 15.4. The summed E-state index contributed by atoms with van der Waals surface area (Å²) in [5.74, 6) is 0.00203. The number of amides is 2. The minimum atomic E-state index is -0.508. The average molecular weight is 475 g/mol. The number of nitro groups is 1. The van der Waals surface area contributed by atoms with Crippen LogP contribution in [0.2, 0.25) is 5.02 Å². The molecule has 1 heterocycles. The van der Waals surface area contributed by atoms with Gasteiger partial charge in [0, 0.05) is 35.1 Å². The predicted molar refractivity (Wildman–Crippen MR) is 122 cm³/mol. The Kier molecular flexibility index (Phi) is 7.79. The van der Waals surface area contributed by atoms with E-state index in [0.29, 0.717) is 33.9 Å². The van der Waals surface area contributed by atoms with Gasteiger partial charge in [0.2, 0.25) is 11.8 Å². The number of hydrogen-bond acceptors (Lipinski definition) is 7. The highest BCUT2D eigenvalue weighted by molar-refractivity contribution is 7.99. The zero-order valence-electron chi connectivity index (χ0n) is 16.9. The van der Waals surface area contributed by atoms with Crippen LogP contribution in [0.5, 0.6) is 0 Å². The molecule has 0 unspecified atom stereocenters. The van der Waals surface area contributed by atoms with E-state index in [1.165, 1.54) is 36.0 Å². The lowest BCUT2D eigenvalue weighted by atomic mass is 10.3. The first-order valence-electron chi connectivity index (χ1n) is 9.50. The average Bonchev–Trinajstić information content (AvgIpc) is 3.15. The molecule has 0 atom stereocenters. The Hall–Kier alpha value is -3.44. The van der Waals surface area contributed by atoms with E-state index < -0.39 is 4.92 Å². The van der Waals surface area contributed by atoms with Crippen molar-refractivity contribution >= 4 is 52.2 Å². The Morgan fingerprint density at radius 3 is 2.22 bits per heavy atom. The largest absolute Gasteiger partial charge is 0.326 e. The normalized spacial score (nSPS) is 10.6. The fourth-order valence-electron chi connectivity index (χ4n) is 2.75. The number of carbonyl (C=O) groups is 2. The Labute approximate surface area is 192 Å². The number of benzene rings is 2. The van der Waals surface area contributed by atoms with Gasteiger partial charge >= 0.3 is 0 Å². The smallest absolute Gasteiger partial charge is 0.269 e. The standard InChI is InChI=1S/C20H19ClN6O4S/c1-2-26-17(11-18(28)22-14-5-3-13(21)4-6-14)24-25-20(26)32-12-19(29)23-15-7-9-16(10-8-15)27(30)31/h3-10H,2,11-12H2,1H3,(H,22,28)(H,23,29). The Morgan fingerprint density at radius 2 is 1.62 bits per heavy atom. The summed E-state index contributed by atoms with van der Waals surface area (Å²) in [5, 5.41) is 25.4. The molecule has 166 valence electrons. The third kappa shape index (κ3) is 6.28. The van der Waals surface area contributed by atoms with E-state index in [-0.39, 0.29) is 29.7 Å². The summed E-state index contributed by atoms with van der Waals surface area (Å²) in [5.41, 5.74) is 1.03. The molecule has 0 saturated carbocycles. The van der Waals surface area contributed by atoms with Gasteiger partial charge in [0.05, 0.1) is 17.1 Å². The van der Waals surface area contributed by atoms with Gasteiger partial charge < -0.3 is 15.2 Å². The molecule has 0 aliphatic carbocycles. The lowest BCUT2D eigenvalue weighted by Gasteiger charge is -2.08. The van der Waals surface area contributed by atoms with Gasteiger partial charge in [-0.3, -0.25) is 19.7 Å². The highest BCUT2D eigenvalue weighted by atomic mass is 35.5. The van der Waals surface area contributed by atoms with Gasteiger partial charge in [-0.15, -0.1) is 10.2 Å². The van der Waals surface area contributed by atoms with Crippen LogP contribution in [0.25, 0.3) is 0 Å². The molecular weight excluding hydrogens is 456 g/mol. The number of nitrogens with zero attached hydrogens (tertiary/aromatic N) is 4. The van der Waals surface area contributed by atoms with Crippen LogP contribution in [0.15, 0.2) is 53.7 Å². The van der Waals surface area contributed by atoms with E-state index in [1.54, 1.807) is 28.8 Å². The third-order valence-electron chi connectivity index (χ3n) is 4.25. The monoisotopic (exact) mass is 474 g/mol. The van der Waals surface area contributed by atoms with Crippen molar-refractivity contribution in [2.75, 3.05) is 16.4 Å². The van der Waals surface area contributed by atoms with Crippen LogP contribution in [0, 0.1) is 10.1 Å². The summed E-state index contributed by atoms with van der Waals surface area (Å²) >= 11 is 7.03. The van der Waals surface area contributed by atoms with Gasteiger partial charge in [-0.1, -0.05) is 23.4 Å². The predicted octanol–water partition coefficient (Wildman–Crippen LogP) is 3.77. The topological polar surface area (TPSA) is 132 Å². The molecule has 1 aromatic heterocycles. The minimum Gasteiger partial charge on any atom is -0.326 e. The molecular formula is C20H19ClN6O4S. The number of aromatic nitrogens is 3. The van der Waals surface area contributed by atoms with Crippen molar-refractivity contribution in [3.8, 4) is 0 Å². The lowest BCUT2D eigenvalue weighted by molar-refractivity contribution is -0.384. The van der Waals surface area contributed by atoms with Gasteiger partial charge in [0.25, 0.3) is 5.69 Å². The van der Waals surface area contributed by atoms with Crippen LogP contribution in [-0.2, 0) is 22.6 Å². The molecule has 32 heavy (non-hydrogen) atoms. The number of nitro benzene ring substituents is 1. The van der Waals surface area contributed by atoms with Crippen LogP contribution >= 0.6 is 23.4 Å². The summed E-state index contributed by atoms with van der Waals surface area (Å²) in [7, 11) is 0. The molecule has 0 aliphatic rings. The van der Waals surface area contributed by atoms with Gasteiger partial charge in [0.15, 0.2) is 5.16 Å². The fourth-order valence-corrected chi connectivity index (χ4v) is 3.70. The Bertz CT molecular complexity index is 1120. The molecule has 12 heteroatoms. The van der Waals surface area contributed by atoms with E-state index in [0.717, 1.165) is 0 Å². The Balaban J connectivity index is 1.55. The van der Waals surface area contributed by atoms with E-state index in [4.69, 9.17) is 11.6 Å². The van der Waals surface area contributed by atoms with Crippen molar-refractivity contribution in [1.82, 2.24) is 14.8 Å². The van der Waals surface area contributed by atoms with Crippen LogP contribution < -0.4 is 10.6 Å². The van der Waals surface area contributed by atoms with Crippen molar-refractivity contribution in [3.63, 3.8) is 0 Å².